The molecule has 2 aliphatic rings. The van der Waals surface area contributed by atoms with E-state index < -0.39 is 23.6 Å². The van der Waals surface area contributed by atoms with Crippen LogP contribution < -0.4 is 4.90 Å². The van der Waals surface area contributed by atoms with Gasteiger partial charge in [-0.3, -0.25) is 4.79 Å². The van der Waals surface area contributed by atoms with Gasteiger partial charge >= 0.3 is 12.1 Å². The summed E-state index contributed by atoms with van der Waals surface area (Å²) in [5.74, 6) is -1.04. The minimum atomic E-state index is -4.60. The fourth-order valence-corrected chi connectivity index (χ4v) is 3.86. The quantitative estimate of drug-likeness (QED) is 0.852. The van der Waals surface area contributed by atoms with E-state index in [2.05, 4.69) is 4.98 Å². The van der Waals surface area contributed by atoms with Gasteiger partial charge in [-0.25, -0.2) is 9.78 Å². The molecule has 1 N–H and O–H groups in total. The maximum Gasteiger partial charge on any atom is 0.417 e. The molecule has 0 saturated carbocycles. The third kappa shape index (κ3) is 3.06. The molecule has 1 aromatic heterocycles. The van der Waals surface area contributed by atoms with Crippen LogP contribution in [0.2, 0.25) is 0 Å². The van der Waals surface area contributed by atoms with E-state index in [1.54, 1.807) is 6.07 Å². The molecule has 3 heterocycles. The van der Waals surface area contributed by atoms with Crippen molar-refractivity contribution in [3.63, 3.8) is 0 Å². The van der Waals surface area contributed by atoms with E-state index in [1.165, 1.54) is 29.3 Å². The number of carboxylic acid groups (broad SMARTS) is 1. The highest BCUT2D eigenvalue weighted by atomic mass is 19.4. The Morgan fingerprint density at radius 3 is 2.64 bits per heavy atom. The molecule has 1 amide bonds. The molecule has 1 saturated heterocycles. The number of piperazine rings is 1. The summed E-state index contributed by atoms with van der Waals surface area (Å²) in [6, 6.07) is 6.21. The Labute approximate surface area is 158 Å². The lowest BCUT2D eigenvalue weighted by atomic mass is 10.0. The minimum Gasteiger partial charge on any atom is -0.478 e. The van der Waals surface area contributed by atoms with Gasteiger partial charge in [0.2, 0.25) is 0 Å². The van der Waals surface area contributed by atoms with Crippen LogP contribution in [0.3, 0.4) is 0 Å². The molecule has 2 aliphatic heterocycles. The topological polar surface area (TPSA) is 73.7 Å². The van der Waals surface area contributed by atoms with Gasteiger partial charge in [0, 0.05) is 25.8 Å². The number of carbonyl (C=O) groups is 2. The highest BCUT2D eigenvalue weighted by molar-refractivity contribution is 5.96. The zero-order chi connectivity index (χ0) is 20.1. The molecule has 9 heteroatoms. The summed E-state index contributed by atoms with van der Waals surface area (Å²) in [4.78, 5) is 31.6. The van der Waals surface area contributed by atoms with Crippen molar-refractivity contribution in [3.05, 3.63) is 58.8 Å². The Kier molecular flexibility index (Phi) is 4.24. The van der Waals surface area contributed by atoms with Gasteiger partial charge in [-0.1, -0.05) is 12.1 Å². The van der Waals surface area contributed by atoms with Crippen LogP contribution in [0.25, 0.3) is 0 Å². The number of alkyl halides is 3. The number of hydrogen-bond donors (Lipinski definition) is 1. The fourth-order valence-electron chi connectivity index (χ4n) is 3.86. The number of aromatic carboxylic acids is 1. The number of amides is 1. The van der Waals surface area contributed by atoms with Crippen molar-refractivity contribution >= 4 is 17.7 Å². The highest BCUT2D eigenvalue weighted by Gasteiger charge is 2.40. The molecule has 4 rings (SSSR count). The van der Waals surface area contributed by atoms with E-state index in [0.717, 1.165) is 11.6 Å². The van der Waals surface area contributed by atoms with Gasteiger partial charge in [-0.2, -0.15) is 13.2 Å². The molecule has 6 nitrogen and oxygen atoms in total. The second-order valence-corrected chi connectivity index (χ2v) is 6.86. The van der Waals surface area contributed by atoms with Crippen molar-refractivity contribution in [2.45, 2.75) is 18.6 Å². The number of nitrogens with zero attached hydrogens (tertiary/aromatic N) is 3. The normalized spacial score (nSPS) is 18.6. The Balaban J connectivity index is 1.56. The fraction of sp³-hybridized carbons (Fsp3) is 0.316. The zero-order valence-corrected chi connectivity index (χ0v) is 14.6. The van der Waals surface area contributed by atoms with E-state index in [1.807, 2.05) is 4.90 Å². The number of carboxylic acids is 1. The molecule has 0 radical (unpaired) electrons. The lowest BCUT2D eigenvalue weighted by Gasteiger charge is -2.38. The second kappa shape index (κ2) is 6.50. The van der Waals surface area contributed by atoms with Gasteiger partial charge in [0.1, 0.15) is 5.82 Å². The SMILES string of the molecule is O=C(O)c1cnc2c(c1)CC1CN(C(=O)c3ccccc3C(F)(F)F)CCN21. The summed E-state index contributed by atoms with van der Waals surface area (Å²) in [5.41, 5.74) is -0.435. The summed E-state index contributed by atoms with van der Waals surface area (Å²) in [7, 11) is 0. The molecular formula is C19H16F3N3O3. The number of rotatable bonds is 2. The molecule has 1 aromatic carbocycles. The minimum absolute atomic E-state index is 0.0886. The number of hydrogen-bond acceptors (Lipinski definition) is 4. The van der Waals surface area contributed by atoms with Crippen molar-refractivity contribution in [2.24, 2.45) is 0 Å². The molecule has 2 aromatic rings. The average molecular weight is 391 g/mol. The first-order chi connectivity index (χ1) is 13.3. The molecule has 0 bridgehead atoms. The second-order valence-electron chi connectivity index (χ2n) is 6.86. The standard InChI is InChI=1S/C19H16F3N3O3/c20-19(21,22)15-4-2-1-3-14(15)17(26)24-5-6-25-13(10-24)8-11-7-12(18(27)28)9-23-16(11)25/h1-4,7,9,13H,5-6,8,10H2,(H,27,28). The van der Waals surface area contributed by atoms with Crippen LogP contribution in [0.5, 0.6) is 0 Å². The number of anilines is 1. The predicted molar refractivity (Wildman–Crippen MR) is 93.4 cm³/mol. The van der Waals surface area contributed by atoms with E-state index in [4.69, 9.17) is 5.11 Å². The summed E-state index contributed by atoms with van der Waals surface area (Å²) in [6.45, 7) is 0.949. The highest BCUT2D eigenvalue weighted by Crippen LogP contribution is 2.35. The Morgan fingerprint density at radius 2 is 1.93 bits per heavy atom. The van der Waals surface area contributed by atoms with Gasteiger partial charge in [0.25, 0.3) is 5.91 Å². The molecule has 28 heavy (non-hydrogen) atoms. The first-order valence-corrected chi connectivity index (χ1v) is 8.70. The molecule has 146 valence electrons. The molecular weight excluding hydrogens is 375 g/mol. The Hall–Kier alpha value is -3.10. The van der Waals surface area contributed by atoms with Crippen molar-refractivity contribution in [1.82, 2.24) is 9.88 Å². The van der Waals surface area contributed by atoms with E-state index in [-0.39, 0.29) is 30.3 Å². The number of fused-ring (bicyclic) bond motifs is 3. The van der Waals surface area contributed by atoms with E-state index >= 15 is 0 Å². The Bertz CT molecular complexity index is 961. The van der Waals surface area contributed by atoms with Crippen LogP contribution in [0.1, 0.15) is 31.8 Å². The number of pyridine rings is 1. The van der Waals surface area contributed by atoms with Gasteiger partial charge in [-0.15, -0.1) is 0 Å². The third-order valence-electron chi connectivity index (χ3n) is 5.15. The van der Waals surface area contributed by atoms with Crippen molar-refractivity contribution in [1.29, 1.82) is 0 Å². The lowest BCUT2D eigenvalue weighted by molar-refractivity contribution is -0.138. The lowest BCUT2D eigenvalue weighted by Crippen LogP contribution is -2.53. The van der Waals surface area contributed by atoms with Gasteiger partial charge in [0.15, 0.2) is 0 Å². The maximum absolute atomic E-state index is 13.2. The van der Waals surface area contributed by atoms with Crippen LogP contribution in [-0.2, 0) is 12.6 Å². The van der Waals surface area contributed by atoms with Gasteiger partial charge in [0.05, 0.1) is 22.7 Å². The number of carbonyl (C=O) groups excluding carboxylic acids is 1. The molecule has 0 aliphatic carbocycles. The summed E-state index contributed by atoms with van der Waals surface area (Å²) in [5, 5.41) is 9.11. The van der Waals surface area contributed by atoms with E-state index in [0.29, 0.717) is 18.8 Å². The monoisotopic (exact) mass is 391 g/mol. The Morgan fingerprint density at radius 1 is 1.18 bits per heavy atom. The van der Waals surface area contributed by atoms with Gasteiger partial charge in [-0.05, 0) is 30.2 Å². The van der Waals surface area contributed by atoms with Crippen molar-refractivity contribution < 1.29 is 27.9 Å². The molecule has 1 fully saturated rings. The maximum atomic E-state index is 13.2. The number of aromatic nitrogens is 1. The van der Waals surface area contributed by atoms with Crippen LogP contribution in [0.4, 0.5) is 19.0 Å². The molecule has 1 atom stereocenters. The predicted octanol–water partition coefficient (Wildman–Crippen LogP) is 2.69. The van der Waals surface area contributed by atoms with Crippen LogP contribution in [0.15, 0.2) is 36.5 Å². The first kappa shape index (κ1) is 18.3. The van der Waals surface area contributed by atoms with Crippen molar-refractivity contribution in [3.8, 4) is 0 Å². The summed E-state index contributed by atoms with van der Waals surface area (Å²) < 4.78 is 39.7. The number of halogens is 3. The molecule has 0 spiro atoms. The smallest absolute Gasteiger partial charge is 0.417 e. The van der Waals surface area contributed by atoms with E-state index in [9.17, 15) is 22.8 Å². The average Bonchev–Trinajstić information content (AvgIpc) is 3.03. The zero-order valence-electron chi connectivity index (χ0n) is 14.6. The van der Waals surface area contributed by atoms with Crippen LogP contribution in [-0.4, -0.2) is 52.5 Å². The first-order valence-electron chi connectivity index (χ1n) is 8.70. The number of benzene rings is 1. The largest absolute Gasteiger partial charge is 0.478 e. The van der Waals surface area contributed by atoms with Gasteiger partial charge < -0.3 is 14.9 Å². The third-order valence-corrected chi connectivity index (χ3v) is 5.15. The van der Waals surface area contributed by atoms with Crippen molar-refractivity contribution in [2.75, 3.05) is 24.5 Å². The molecule has 1 unspecified atom stereocenters. The summed E-state index contributed by atoms with van der Waals surface area (Å²) in [6.07, 6.45) is -2.82. The van der Waals surface area contributed by atoms with Crippen LogP contribution >= 0.6 is 0 Å². The summed E-state index contributed by atoms with van der Waals surface area (Å²) >= 11 is 0. The van der Waals surface area contributed by atoms with Crippen LogP contribution in [0, 0.1) is 0 Å².